The van der Waals surface area contributed by atoms with Gasteiger partial charge in [0.1, 0.15) is 11.1 Å². The molecule has 0 aliphatic heterocycles. The van der Waals surface area contributed by atoms with Crippen LogP contribution in [0.4, 0.5) is 0 Å². The van der Waals surface area contributed by atoms with Gasteiger partial charge in [-0.15, -0.1) is 0 Å². The monoisotopic (exact) mass is 218 g/mol. The molecule has 0 radical (unpaired) electrons. The zero-order valence-electron chi connectivity index (χ0n) is 5.93. The maximum absolute atomic E-state index is 10.6. The van der Waals surface area contributed by atoms with E-state index in [1.54, 1.807) is 0 Å². The van der Waals surface area contributed by atoms with Crippen LogP contribution in [0, 0.1) is 11.8 Å². The average Bonchev–Trinajstić information content (AvgIpc) is 2.03. The zero-order chi connectivity index (χ0) is 8.69. The molecule has 0 saturated carbocycles. The highest BCUT2D eigenvalue weighted by Crippen LogP contribution is 2.04. The van der Waals surface area contributed by atoms with Crippen LogP contribution in [0.25, 0.3) is 0 Å². The first-order valence-corrected chi connectivity index (χ1v) is 3.55. The lowest BCUT2D eigenvalue weighted by Crippen LogP contribution is -1.98. The molecule has 3 nitrogen and oxygen atoms in total. The molecule has 0 bridgehead atoms. The maximum atomic E-state index is 10.6. The molecule has 0 rings (SSSR count). The summed E-state index contributed by atoms with van der Waals surface area (Å²) in [7, 11) is 1.27. The first-order chi connectivity index (χ1) is 5.22. The number of allylic oxidation sites excluding steroid dienone is 1. The van der Waals surface area contributed by atoms with Gasteiger partial charge in [0.2, 0.25) is 0 Å². The van der Waals surface area contributed by atoms with Crippen molar-refractivity contribution in [2.45, 2.75) is 0 Å². The van der Waals surface area contributed by atoms with Crippen LogP contribution in [0.5, 0.6) is 0 Å². The minimum absolute atomic E-state index is 0.224. The van der Waals surface area contributed by atoms with E-state index in [0.29, 0.717) is 0 Å². The Hall–Kier alpha value is -0.790. The highest BCUT2D eigenvalue weighted by atomic mass is 79.9. The van der Waals surface area contributed by atoms with E-state index in [0.717, 1.165) is 0 Å². The van der Waals surface area contributed by atoms with E-state index in [1.165, 1.54) is 13.2 Å². The van der Waals surface area contributed by atoms with Crippen molar-refractivity contribution >= 4 is 21.9 Å². The SMILES string of the molecule is COC(=O)C(Br)=CC#CCO. The van der Waals surface area contributed by atoms with Crippen LogP contribution in [0.15, 0.2) is 10.6 Å². The van der Waals surface area contributed by atoms with Crippen LogP contribution in [0.1, 0.15) is 0 Å². The molecule has 0 fully saturated rings. The van der Waals surface area contributed by atoms with Crippen molar-refractivity contribution in [3.05, 3.63) is 10.6 Å². The van der Waals surface area contributed by atoms with Gasteiger partial charge in [-0.05, 0) is 15.9 Å². The predicted molar refractivity (Wildman–Crippen MR) is 43.9 cm³/mol. The minimum Gasteiger partial charge on any atom is -0.465 e. The van der Waals surface area contributed by atoms with Gasteiger partial charge in [0.25, 0.3) is 0 Å². The molecular formula is C7H7BrO3. The summed E-state index contributed by atoms with van der Waals surface area (Å²) in [4.78, 5) is 10.6. The second-order valence-corrected chi connectivity index (χ2v) is 2.32. The standard InChI is InChI=1S/C7H7BrO3/c1-11-7(10)6(8)4-2-3-5-9/h4,9H,5H2,1H3. The van der Waals surface area contributed by atoms with Crippen LogP contribution in [0.3, 0.4) is 0 Å². The molecule has 0 aromatic carbocycles. The summed E-state index contributed by atoms with van der Waals surface area (Å²) in [5.41, 5.74) is 0. The molecule has 0 aliphatic rings. The molecule has 0 heterocycles. The number of hydrogen-bond acceptors (Lipinski definition) is 3. The largest absolute Gasteiger partial charge is 0.465 e. The third-order valence-electron chi connectivity index (χ3n) is 0.760. The van der Waals surface area contributed by atoms with Crippen molar-refractivity contribution in [2.75, 3.05) is 13.7 Å². The van der Waals surface area contributed by atoms with Crippen molar-refractivity contribution in [1.82, 2.24) is 0 Å². The number of carbonyl (C=O) groups is 1. The lowest BCUT2D eigenvalue weighted by molar-refractivity contribution is -0.135. The Morgan fingerprint density at radius 1 is 1.82 bits per heavy atom. The van der Waals surface area contributed by atoms with Crippen molar-refractivity contribution in [3.63, 3.8) is 0 Å². The van der Waals surface area contributed by atoms with Crippen molar-refractivity contribution in [1.29, 1.82) is 0 Å². The summed E-state index contributed by atoms with van der Waals surface area (Å²) in [6, 6.07) is 0. The molecule has 0 amide bonds. The van der Waals surface area contributed by atoms with Crippen molar-refractivity contribution < 1.29 is 14.6 Å². The Balaban J connectivity index is 4.11. The van der Waals surface area contributed by atoms with Gasteiger partial charge in [0, 0.05) is 6.08 Å². The third-order valence-corrected chi connectivity index (χ3v) is 1.31. The summed E-state index contributed by atoms with van der Waals surface area (Å²) in [6.07, 6.45) is 1.32. The van der Waals surface area contributed by atoms with Gasteiger partial charge >= 0.3 is 5.97 Å². The number of hydrogen-bond donors (Lipinski definition) is 1. The fourth-order valence-electron chi connectivity index (χ4n) is 0.316. The van der Waals surface area contributed by atoms with Crippen LogP contribution in [-0.2, 0) is 9.53 Å². The number of carbonyl (C=O) groups excluding carboxylic acids is 1. The molecule has 0 saturated heterocycles. The number of halogens is 1. The quantitative estimate of drug-likeness (QED) is 0.395. The van der Waals surface area contributed by atoms with Gasteiger partial charge in [0.05, 0.1) is 7.11 Å². The molecule has 1 N–H and O–H groups in total. The summed E-state index contributed by atoms with van der Waals surface area (Å²) < 4.78 is 4.60. The molecule has 0 aromatic rings. The lowest BCUT2D eigenvalue weighted by Gasteiger charge is -1.91. The van der Waals surface area contributed by atoms with Gasteiger partial charge in [-0.25, -0.2) is 4.79 Å². The highest BCUT2D eigenvalue weighted by Gasteiger charge is 2.02. The van der Waals surface area contributed by atoms with Gasteiger partial charge in [-0.1, -0.05) is 11.8 Å². The van der Waals surface area contributed by atoms with E-state index in [9.17, 15) is 4.79 Å². The minimum atomic E-state index is -0.489. The van der Waals surface area contributed by atoms with E-state index in [2.05, 4.69) is 32.5 Å². The summed E-state index contributed by atoms with van der Waals surface area (Å²) in [6.45, 7) is -0.224. The van der Waals surface area contributed by atoms with E-state index < -0.39 is 5.97 Å². The Morgan fingerprint density at radius 3 is 2.91 bits per heavy atom. The zero-order valence-corrected chi connectivity index (χ0v) is 7.51. The van der Waals surface area contributed by atoms with E-state index >= 15 is 0 Å². The molecule has 0 atom stereocenters. The van der Waals surface area contributed by atoms with E-state index in [1.807, 2.05) is 0 Å². The molecule has 0 aromatic heterocycles. The number of esters is 1. The van der Waals surface area contributed by atoms with Gasteiger partial charge < -0.3 is 9.84 Å². The van der Waals surface area contributed by atoms with Crippen LogP contribution < -0.4 is 0 Å². The lowest BCUT2D eigenvalue weighted by atomic mass is 10.5. The van der Waals surface area contributed by atoms with Gasteiger partial charge in [-0.2, -0.15) is 0 Å². The average molecular weight is 219 g/mol. The highest BCUT2D eigenvalue weighted by molar-refractivity contribution is 9.12. The number of aliphatic hydroxyl groups is 1. The summed E-state index contributed by atoms with van der Waals surface area (Å²) in [5, 5.41) is 8.24. The number of methoxy groups -OCH3 is 1. The Bertz CT molecular complexity index is 222. The van der Waals surface area contributed by atoms with Crippen LogP contribution in [-0.4, -0.2) is 24.8 Å². The molecule has 11 heavy (non-hydrogen) atoms. The summed E-state index contributed by atoms with van der Waals surface area (Å²) in [5.74, 6) is 4.30. The predicted octanol–water partition coefficient (Wildman–Crippen LogP) is 0.434. The van der Waals surface area contributed by atoms with Gasteiger partial charge in [0.15, 0.2) is 0 Å². The van der Waals surface area contributed by atoms with Crippen LogP contribution in [0.2, 0.25) is 0 Å². The molecule has 0 aliphatic carbocycles. The number of ether oxygens (including phenoxy) is 1. The maximum Gasteiger partial charge on any atom is 0.345 e. The molecule has 0 spiro atoms. The summed E-state index contributed by atoms with van der Waals surface area (Å²) >= 11 is 2.94. The second kappa shape index (κ2) is 5.96. The fourth-order valence-corrected chi connectivity index (χ4v) is 0.593. The molecule has 60 valence electrons. The Labute approximate surface area is 73.2 Å². The van der Waals surface area contributed by atoms with Gasteiger partial charge in [-0.3, -0.25) is 0 Å². The smallest absolute Gasteiger partial charge is 0.345 e. The third kappa shape index (κ3) is 4.59. The van der Waals surface area contributed by atoms with E-state index in [-0.39, 0.29) is 11.1 Å². The van der Waals surface area contributed by atoms with E-state index in [4.69, 9.17) is 5.11 Å². The second-order valence-electron chi connectivity index (χ2n) is 1.46. The number of rotatable bonds is 1. The first-order valence-electron chi connectivity index (χ1n) is 2.75. The Morgan fingerprint density at radius 2 is 2.45 bits per heavy atom. The molecule has 4 heteroatoms. The topological polar surface area (TPSA) is 46.5 Å². The fraction of sp³-hybridized carbons (Fsp3) is 0.286. The van der Waals surface area contributed by atoms with Crippen molar-refractivity contribution in [3.8, 4) is 11.8 Å². The normalized spacial score (nSPS) is 9.91. The molecule has 0 unspecified atom stereocenters. The van der Waals surface area contributed by atoms with Crippen LogP contribution >= 0.6 is 15.9 Å². The molecular weight excluding hydrogens is 212 g/mol. The number of aliphatic hydroxyl groups excluding tert-OH is 1. The Kier molecular flexibility index (Phi) is 5.53. The van der Waals surface area contributed by atoms with Crippen molar-refractivity contribution in [2.24, 2.45) is 0 Å². The first kappa shape index (κ1) is 10.2.